The Morgan fingerprint density at radius 1 is 1.44 bits per heavy atom. The zero-order valence-corrected chi connectivity index (χ0v) is 9.80. The van der Waals surface area contributed by atoms with Crippen LogP contribution >= 0.6 is 0 Å². The van der Waals surface area contributed by atoms with Crippen molar-refractivity contribution in [2.75, 3.05) is 6.54 Å². The number of hydrogen-bond acceptors (Lipinski definition) is 4. The molecule has 1 aromatic rings. The summed E-state index contributed by atoms with van der Waals surface area (Å²) in [5.74, 6) is -0.847. The Morgan fingerprint density at radius 3 is 2.94 bits per heavy atom. The molecule has 0 aliphatic carbocycles. The Hall–Kier alpha value is -2.50. The van der Waals surface area contributed by atoms with Gasteiger partial charge in [0.05, 0.1) is 6.21 Å². The minimum Gasteiger partial charge on any atom is -0.352 e. The summed E-state index contributed by atoms with van der Waals surface area (Å²) in [6.07, 6.45) is 5.97. The number of pyridine rings is 1. The van der Waals surface area contributed by atoms with Gasteiger partial charge in [0.2, 0.25) is 11.8 Å². The average Bonchev–Trinajstić information content (AvgIpc) is 2.37. The molecule has 1 aromatic heterocycles. The van der Waals surface area contributed by atoms with Crippen molar-refractivity contribution < 1.29 is 9.59 Å². The molecule has 18 heavy (non-hydrogen) atoms. The molecule has 0 saturated heterocycles. The van der Waals surface area contributed by atoms with Crippen molar-refractivity contribution in [3.05, 3.63) is 42.7 Å². The van der Waals surface area contributed by atoms with Crippen LogP contribution in [-0.2, 0) is 9.59 Å². The number of aromatic nitrogens is 1. The highest BCUT2D eigenvalue weighted by Crippen LogP contribution is 1.89. The van der Waals surface area contributed by atoms with Crippen LogP contribution in [0.4, 0.5) is 0 Å². The first-order valence-electron chi connectivity index (χ1n) is 5.32. The van der Waals surface area contributed by atoms with Gasteiger partial charge in [0.1, 0.15) is 6.42 Å². The van der Waals surface area contributed by atoms with Gasteiger partial charge in [-0.15, -0.1) is 6.58 Å². The number of nitrogens with one attached hydrogen (secondary N) is 2. The smallest absolute Gasteiger partial charge is 0.249 e. The molecule has 0 aliphatic rings. The molecule has 6 nitrogen and oxygen atoms in total. The van der Waals surface area contributed by atoms with E-state index in [0.29, 0.717) is 6.54 Å². The van der Waals surface area contributed by atoms with E-state index in [-0.39, 0.29) is 12.3 Å². The largest absolute Gasteiger partial charge is 0.352 e. The van der Waals surface area contributed by atoms with E-state index in [0.717, 1.165) is 5.56 Å². The normalized spacial score (nSPS) is 10.0. The third kappa shape index (κ3) is 5.55. The van der Waals surface area contributed by atoms with Gasteiger partial charge in [-0.3, -0.25) is 14.6 Å². The monoisotopic (exact) mass is 246 g/mol. The van der Waals surface area contributed by atoms with Crippen LogP contribution < -0.4 is 10.7 Å². The first kappa shape index (κ1) is 13.6. The van der Waals surface area contributed by atoms with Crippen molar-refractivity contribution in [2.45, 2.75) is 6.42 Å². The summed E-state index contributed by atoms with van der Waals surface area (Å²) in [6, 6.07) is 3.55. The lowest BCUT2D eigenvalue weighted by molar-refractivity contribution is -0.129. The molecule has 0 radical (unpaired) electrons. The molecule has 0 atom stereocenters. The molecule has 0 spiro atoms. The van der Waals surface area contributed by atoms with Gasteiger partial charge in [0.25, 0.3) is 0 Å². The Kier molecular flexibility index (Phi) is 5.82. The van der Waals surface area contributed by atoms with Crippen LogP contribution in [0.5, 0.6) is 0 Å². The molecule has 0 bridgehead atoms. The first-order chi connectivity index (χ1) is 8.72. The lowest BCUT2D eigenvalue weighted by Crippen LogP contribution is -2.29. The molecular weight excluding hydrogens is 232 g/mol. The topological polar surface area (TPSA) is 83.5 Å². The van der Waals surface area contributed by atoms with Crippen LogP contribution in [0.2, 0.25) is 0 Å². The number of carbonyl (C=O) groups excluding carboxylic acids is 2. The Balaban J connectivity index is 2.31. The van der Waals surface area contributed by atoms with Crippen LogP contribution in [0.3, 0.4) is 0 Å². The zero-order valence-electron chi connectivity index (χ0n) is 9.80. The van der Waals surface area contributed by atoms with Gasteiger partial charge in [-0.2, -0.15) is 5.10 Å². The van der Waals surface area contributed by atoms with Gasteiger partial charge < -0.3 is 5.32 Å². The molecule has 94 valence electrons. The third-order valence-corrected chi connectivity index (χ3v) is 1.85. The molecule has 6 heteroatoms. The number of amides is 2. The second-order valence-corrected chi connectivity index (χ2v) is 3.35. The molecule has 1 rings (SSSR count). The van der Waals surface area contributed by atoms with E-state index in [1.165, 1.54) is 12.3 Å². The fourth-order valence-corrected chi connectivity index (χ4v) is 1.06. The summed E-state index contributed by atoms with van der Waals surface area (Å²) in [5, 5.41) is 6.20. The van der Waals surface area contributed by atoms with Crippen molar-refractivity contribution in [1.82, 2.24) is 15.7 Å². The van der Waals surface area contributed by atoms with E-state index >= 15 is 0 Å². The van der Waals surface area contributed by atoms with Crippen molar-refractivity contribution in [1.29, 1.82) is 0 Å². The van der Waals surface area contributed by atoms with Crippen LogP contribution in [0.15, 0.2) is 42.3 Å². The first-order valence-corrected chi connectivity index (χ1v) is 5.32. The van der Waals surface area contributed by atoms with Gasteiger partial charge in [-0.25, -0.2) is 5.43 Å². The number of hydrazone groups is 1. The van der Waals surface area contributed by atoms with E-state index in [4.69, 9.17) is 0 Å². The fourth-order valence-electron chi connectivity index (χ4n) is 1.06. The summed E-state index contributed by atoms with van der Waals surface area (Å²) in [4.78, 5) is 26.3. The van der Waals surface area contributed by atoms with Crippen LogP contribution in [0, 0.1) is 0 Å². The lowest BCUT2D eigenvalue weighted by Gasteiger charge is -2.00. The lowest BCUT2D eigenvalue weighted by atomic mass is 10.3. The molecule has 2 N–H and O–H groups in total. The molecule has 0 unspecified atom stereocenters. The molecule has 1 heterocycles. The summed E-state index contributed by atoms with van der Waals surface area (Å²) < 4.78 is 0. The quantitative estimate of drug-likeness (QED) is 0.326. The Bertz CT molecular complexity index is 443. The summed E-state index contributed by atoms with van der Waals surface area (Å²) in [6.45, 7) is 3.79. The van der Waals surface area contributed by atoms with E-state index in [9.17, 15) is 9.59 Å². The highest BCUT2D eigenvalue weighted by molar-refractivity contribution is 5.97. The maximum absolute atomic E-state index is 11.3. The average molecular weight is 246 g/mol. The van der Waals surface area contributed by atoms with Gasteiger partial charge in [0.15, 0.2) is 0 Å². The second kappa shape index (κ2) is 7.72. The Morgan fingerprint density at radius 2 is 2.28 bits per heavy atom. The van der Waals surface area contributed by atoms with E-state index in [1.54, 1.807) is 24.5 Å². The van der Waals surface area contributed by atoms with Crippen molar-refractivity contribution >= 4 is 18.0 Å². The molecule has 0 fully saturated rings. The Labute approximate surface area is 105 Å². The number of carbonyl (C=O) groups is 2. The minimum atomic E-state index is -0.475. The van der Waals surface area contributed by atoms with Crippen molar-refractivity contribution in [2.24, 2.45) is 5.10 Å². The van der Waals surface area contributed by atoms with Gasteiger partial charge in [-0.1, -0.05) is 12.1 Å². The highest BCUT2D eigenvalue weighted by Gasteiger charge is 2.06. The maximum atomic E-state index is 11.3. The number of nitrogens with zero attached hydrogens (tertiary/aromatic N) is 2. The van der Waals surface area contributed by atoms with Gasteiger partial charge in [-0.05, 0) is 6.07 Å². The van der Waals surface area contributed by atoms with Gasteiger partial charge in [0, 0.05) is 24.5 Å². The van der Waals surface area contributed by atoms with Crippen LogP contribution in [0.1, 0.15) is 12.0 Å². The summed E-state index contributed by atoms with van der Waals surface area (Å²) in [7, 11) is 0. The maximum Gasteiger partial charge on any atom is 0.249 e. The predicted octanol–water partition coefficient (Wildman–Crippen LogP) is 0.224. The van der Waals surface area contributed by atoms with Crippen molar-refractivity contribution in [3.8, 4) is 0 Å². The number of hydrogen-bond donors (Lipinski definition) is 2. The van der Waals surface area contributed by atoms with Crippen LogP contribution in [-0.4, -0.2) is 29.6 Å². The summed E-state index contributed by atoms with van der Waals surface area (Å²) in [5.41, 5.74) is 3.01. The SMILES string of the molecule is C=CCNC(=O)CC(=O)N/N=C\c1cccnc1. The van der Waals surface area contributed by atoms with Gasteiger partial charge >= 0.3 is 0 Å². The van der Waals surface area contributed by atoms with Crippen molar-refractivity contribution in [3.63, 3.8) is 0 Å². The van der Waals surface area contributed by atoms with E-state index in [1.807, 2.05) is 0 Å². The van der Waals surface area contributed by atoms with E-state index in [2.05, 4.69) is 27.4 Å². The minimum absolute atomic E-state index is 0.266. The van der Waals surface area contributed by atoms with E-state index < -0.39 is 5.91 Å². The second-order valence-electron chi connectivity index (χ2n) is 3.35. The summed E-state index contributed by atoms with van der Waals surface area (Å²) >= 11 is 0. The zero-order chi connectivity index (χ0) is 13.2. The molecule has 0 saturated carbocycles. The van der Waals surface area contributed by atoms with Crippen LogP contribution in [0.25, 0.3) is 0 Å². The molecule has 0 aliphatic heterocycles. The molecule has 2 amide bonds. The fraction of sp³-hybridized carbons (Fsp3) is 0.167. The molecule has 0 aromatic carbocycles. The third-order valence-electron chi connectivity index (χ3n) is 1.85. The molecular formula is C12H14N4O2. The number of rotatable bonds is 6. The predicted molar refractivity (Wildman–Crippen MR) is 67.8 cm³/mol. The highest BCUT2D eigenvalue weighted by atomic mass is 16.2. The standard InChI is InChI=1S/C12H14N4O2/c1-2-5-14-11(17)7-12(18)16-15-9-10-4-3-6-13-8-10/h2-4,6,8-9H,1,5,7H2,(H,14,17)(H,16,18)/b15-9-.